The van der Waals surface area contributed by atoms with Gasteiger partial charge in [-0.05, 0) is 11.6 Å². The summed E-state index contributed by atoms with van der Waals surface area (Å²) in [6, 6.07) is 5.45. The molecule has 7 heteroatoms. The molecule has 0 aromatic heterocycles. The number of hydrogen-bond donors (Lipinski definition) is 1. The highest BCUT2D eigenvalue weighted by Crippen LogP contribution is 2.29. The zero-order valence-corrected chi connectivity index (χ0v) is 12.5. The fraction of sp³-hybridized carbons (Fsp3) is 0.533. The normalized spacial score (nSPS) is 17.5. The molecule has 0 unspecified atom stereocenters. The quantitative estimate of drug-likeness (QED) is 0.916. The molecule has 0 radical (unpaired) electrons. The summed E-state index contributed by atoms with van der Waals surface area (Å²) in [5.41, 5.74) is 0.0535. The van der Waals surface area contributed by atoms with Crippen LogP contribution in [0.1, 0.15) is 11.1 Å². The van der Waals surface area contributed by atoms with Gasteiger partial charge in [0.2, 0.25) is 5.91 Å². The number of amides is 1. The van der Waals surface area contributed by atoms with Crippen LogP contribution in [0.5, 0.6) is 0 Å². The van der Waals surface area contributed by atoms with E-state index in [0.29, 0.717) is 18.7 Å². The third-order valence-corrected chi connectivity index (χ3v) is 3.77. The number of halogens is 3. The fourth-order valence-corrected chi connectivity index (χ4v) is 2.49. The number of alkyl halides is 3. The van der Waals surface area contributed by atoms with Crippen molar-refractivity contribution in [1.82, 2.24) is 15.1 Å². The molecule has 1 aromatic carbocycles. The summed E-state index contributed by atoms with van der Waals surface area (Å²) in [4.78, 5) is 15.5. The van der Waals surface area contributed by atoms with E-state index in [9.17, 15) is 18.0 Å². The van der Waals surface area contributed by atoms with E-state index in [0.717, 1.165) is 32.2 Å². The van der Waals surface area contributed by atoms with Crippen molar-refractivity contribution in [2.24, 2.45) is 0 Å². The lowest BCUT2D eigenvalue weighted by Crippen LogP contribution is -2.48. The van der Waals surface area contributed by atoms with Crippen LogP contribution in [0.3, 0.4) is 0 Å². The molecule has 1 saturated heterocycles. The van der Waals surface area contributed by atoms with Gasteiger partial charge >= 0.3 is 6.18 Å². The molecule has 2 rings (SSSR count). The van der Waals surface area contributed by atoms with E-state index in [2.05, 4.69) is 10.2 Å². The van der Waals surface area contributed by atoms with Crippen molar-refractivity contribution >= 4 is 5.91 Å². The van der Waals surface area contributed by atoms with Gasteiger partial charge in [-0.3, -0.25) is 14.6 Å². The Morgan fingerprint density at radius 2 is 1.82 bits per heavy atom. The maximum absolute atomic E-state index is 12.7. The second kappa shape index (κ2) is 7.11. The first-order chi connectivity index (χ1) is 10.4. The van der Waals surface area contributed by atoms with E-state index in [4.69, 9.17) is 0 Å². The van der Waals surface area contributed by atoms with E-state index >= 15 is 0 Å². The van der Waals surface area contributed by atoms with Gasteiger partial charge in [0.25, 0.3) is 0 Å². The van der Waals surface area contributed by atoms with Gasteiger partial charge in [-0.15, -0.1) is 0 Å². The highest BCUT2D eigenvalue weighted by atomic mass is 19.4. The van der Waals surface area contributed by atoms with Gasteiger partial charge in [0.1, 0.15) is 0 Å². The minimum atomic E-state index is -4.30. The number of hydrogen-bond acceptors (Lipinski definition) is 3. The Morgan fingerprint density at radius 1 is 1.18 bits per heavy atom. The summed E-state index contributed by atoms with van der Waals surface area (Å²) in [6.07, 6.45) is -4.30. The minimum Gasteiger partial charge on any atom is -0.358 e. The molecule has 4 nitrogen and oxygen atoms in total. The Hall–Kier alpha value is -1.60. The van der Waals surface area contributed by atoms with Crippen molar-refractivity contribution in [3.63, 3.8) is 0 Å². The molecule has 1 heterocycles. The van der Waals surface area contributed by atoms with Crippen LogP contribution in [0.25, 0.3) is 0 Å². The third-order valence-electron chi connectivity index (χ3n) is 3.77. The van der Waals surface area contributed by atoms with E-state index < -0.39 is 11.7 Å². The number of piperazine rings is 1. The monoisotopic (exact) mass is 315 g/mol. The predicted molar refractivity (Wildman–Crippen MR) is 77.2 cm³/mol. The molecule has 0 bridgehead atoms. The average Bonchev–Trinajstić information content (AvgIpc) is 2.48. The average molecular weight is 315 g/mol. The van der Waals surface area contributed by atoms with E-state index in [1.165, 1.54) is 12.1 Å². The topological polar surface area (TPSA) is 35.6 Å². The Labute approximate surface area is 127 Å². The number of likely N-dealkylation sites (N-methyl/N-ethyl adjacent to an activating group) is 1. The van der Waals surface area contributed by atoms with Gasteiger partial charge in [-0.1, -0.05) is 18.2 Å². The Morgan fingerprint density at radius 3 is 2.41 bits per heavy atom. The molecular formula is C15H20F3N3O. The molecule has 1 fully saturated rings. The van der Waals surface area contributed by atoms with Crippen LogP contribution in [0.2, 0.25) is 0 Å². The number of rotatable bonds is 4. The molecule has 0 saturated carbocycles. The molecule has 0 aliphatic carbocycles. The van der Waals surface area contributed by atoms with E-state index in [1.807, 2.05) is 4.90 Å². The smallest absolute Gasteiger partial charge is 0.358 e. The summed E-state index contributed by atoms with van der Waals surface area (Å²) in [5.74, 6) is -0.0219. The number of benzene rings is 1. The van der Waals surface area contributed by atoms with E-state index in [-0.39, 0.29) is 5.91 Å². The van der Waals surface area contributed by atoms with Crippen LogP contribution in [0, 0.1) is 0 Å². The standard InChI is InChI=1S/C15H20F3N3O/c1-19-14(22)11-21-7-5-20(6-8-21)10-12-3-2-4-13(9-12)15(16,17)18/h2-4,9H,5-8,10-11H2,1H3,(H,19,22). The molecule has 1 amide bonds. The van der Waals surface area contributed by atoms with Gasteiger partial charge in [0.05, 0.1) is 12.1 Å². The summed E-state index contributed by atoms with van der Waals surface area (Å²) in [5, 5.41) is 2.58. The van der Waals surface area contributed by atoms with Crippen LogP contribution in [0.15, 0.2) is 24.3 Å². The molecule has 22 heavy (non-hydrogen) atoms. The van der Waals surface area contributed by atoms with Crippen LogP contribution < -0.4 is 5.32 Å². The minimum absolute atomic E-state index is 0.0219. The number of carbonyl (C=O) groups excluding carboxylic acids is 1. The highest BCUT2D eigenvalue weighted by molar-refractivity contribution is 5.77. The van der Waals surface area contributed by atoms with Crippen molar-refractivity contribution in [3.05, 3.63) is 35.4 Å². The van der Waals surface area contributed by atoms with Crippen LogP contribution in [-0.2, 0) is 17.5 Å². The molecule has 122 valence electrons. The first kappa shape index (κ1) is 16.8. The molecular weight excluding hydrogens is 295 g/mol. The Balaban J connectivity index is 1.87. The van der Waals surface area contributed by atoms with Crippen LogP contribution in [0.4, 0.5) is 13.2 Å². The summed E-state index contributed by atoms with van der Waals surface area (Å²) in [6.45, 7) is 3.84. The molecule has 0 atom stereocenters. The number of nitrogens with one attached hydrogen (secondary N) is 1. The lowest BCUT2D eigenvalue weighted by Gasteiger charge is -2.34. The molecule has 1 N–H and O–H groups in total. The predicted octanol–water partition coefficient (Wildman–Crippen LogP) is 1.57. The zero-order valence-electron chi connectivity index (χ0n) is 12.5. The fourth-order valence-electron chi connectivity index (χ4n) is 2.49. The summed E-state index contributed by atoms with van der Waals surface area (Å²) >= 11 is 0. The first-order valence-electron chi connectivity index (χ1n) is 7.20. The zero-order chi connectivity index (χ0) is 16.2. The maximum Gasteiger partial charge on any atom is 0.416 e. The molecule has 0 spiro atoms. The first-order valence-corrected chi connectivity index (χ1v) is 7.20. The molecule has 1 aliphatic heterocycles. The van der Waals surface area contributed by atoms with Gasteiger partial charge in [0.15, 0.2) is 0 Å². The summed E-state index contributed by atoms with van der Waals surface area (Å²) < 4.78 is 38.1. The summed E-state index contributed by atoms with van der Waals surface area (Å²) in [7, 11) is 1.60. The lowest BCUT2D eigenvalue weighted by atomic mass is 10.1. The SMILES string of the molecule is CNC(=O)CN1CCN(Cc2cccc(C(F)(F)F)c2)CC1. The largest absolute Gasteiger partial charge is 0.416 e. The van der Waals surface area contributed by atoms with Gasteiger partial charge in [-0.25, -0.2) is 0 Å². The number of carbonyl (C=O) groups is 1. The number of nitrogens with zero attached hydrogens (tertiary/aromatic N) is 2. The lowest BCUT2D eigenvalue weighted by molar-refractivity contribution is -0.137. The van der Waals surface area contributed by atoms with Crippen molar-refractivity contribution in [2.45, 2.75) is 12.7 Å². The van der Waals surface area contributed by atoms with Crippen LogP contribution in [-0.4, -0.2) is 55.5 Å². The van der Waals surface area contributed by atoms with Gasteiger partial charge < -0.3 is 5.32 Å². The highest BCUT2D eigenvalue weighted by Gasteiger charge is 2.30. The van der Waals surface area contributed by atoms with Crippen molar-refractivity contribution < 1.29 is 18.0 Å². The van der Waals surface area contributed by atoms with Crippen molar-refractivity contribution in [2.75, 3.05) is 39.8 Å². The van der Waals surface area contributed by atoms with Crippen molar-refractivity contribution in [3.8, 4) is 0 Å². The Bertz CT molecular complexity index is 511. The third kappa shape index (κ3) is 4.71. The molecule has 1 aromatic rings. The van der Waals surface area contributed by atoms with E-state index in [1.54, 1.807) is 13.1 Å². The Kier molecular flexibility index (Phi) is 5.42. The van der Waals surface area contributed by atoms with Crippen molar-refractivity contribution in [1.29, 1.82) is 0 Å². The van der Waals surface area contributed by atoms with Gasteiger partial charge in [-0.2, -0.15) is 13.2 Å². The second-order valence-electron chi connectivity index (χ2n) is 5.42. The van der Waals surface area contributed by atoms with Gasteiger partial charge in [0, 0.05) is 39.8 Å². The molecule has 1 aliphatic rings. The maximum atomic E-state index is 12.7. The second-order valence-corrected chi connectivity index (χ2v) is 5.42. The van der Waals surface area contributed by atoms with Crippen LogP contribution >= 0.6 is 0 Å².